The molecule has 0 fully saturated rings. The molecule has 0 aliphatic heterocycles. The van der Waals surface area contributed by atoms with Gasteiger partial charge in [-0.05, 0) is 23.8 Å². The van der Waals surface area contributed by atoms with E-state index in [0.29, 0.717) is 0 Å². The van der Waals surface area contributed by atoms with Gasteiger partial charge in [-0.2, -0.15) is 11.8 Å². The molecule has 3 heteroatoms. The van der Waals surface area contributed by atoms with Crippen LogP contribution in [-0.2, 0) is 4.79 Å². The van der Waals surface area contributed by atoms with Gasteiger partial charge in [0.05, 0.1) is 5.92 Å². The molecule has 0 radical (unpaired) electrons. The predicted molar refractivity (Wildman–Crippen MR) is 53.6 cm³/mol. The van der Waals surface area contributed by atoms with Crippen LogP contribution in [0.4, 0.5) is 0 Å². The molecule has 0 spiro atoms. The van der Waals surface area contributed by atoms with E-state index in [4.69, 9.17) is 5.11 Å². The molecule has 1 atom stereocenters. The molecule has 72 valence electrons. The van der Waals surface area contributed by atoms with E-state index in [2.05, 4.69) is 0 Å². The van der Waals surface area contributed by atoms with E-state index in [1.165, 1.54) is 0 Å². The molecule has 0 unspecified atom stereocenters. The second kappa shape index (κ2) is 4.75. The topological polar surface area (TPSA) is 37.3 Å². The molecule has 0 saturated carbocycles. The van der Waals surface area contributed by atoms with Crippen molar-refractivity contribution in [2.75, 3.05) is 12.0 Å². The van der Waals surface area contributed by atoms with Crippen LogP contribution in [0.25, 0.3) is 0 Å². The third kappa shape index (κ3) is 4.00. The summed E-state index contributed by atoms with van der Waals surface area (Å²) in [6, 6.07) is 0. The van der Waals surface area contributed by atoms with Crippen LogP contribution < -0.4 is 0 Å². The summed E-state index contributed by atoms with van der Waals surface area (Å²) >= 11 is 1.70. The fraction of sp³-hybridized carbons (Fsp3) is 0.889. The van der Waals surface area contributed by atoms with Gasteiger partial charge in [-0.3, -0.25) is 4.79 Å². The Morgan fingerprint density at radius 3 is 2.25 bits per heavy atom. The molecule has 0 aliphatic rings. The lowest BCUT2D eigenvalue weighted by Crippen LogP contribution is -2.28. The van der Waals surface area contributed by atoms with Gasteiger partial charge in [0, 0.05) is 0 Å². The average molecular weight is 190 g/mol. The Labute approximate surface area is 78.7 Å². The first-order valence-electron chi connectivity index (χ1n) is 4.11. The Morgan fingerprint density at radius 1 is 1.50 bits per heavy atom. The van der Waals surface area contributed by atoms with E-state index >= 15 is 0 Å². The van der Waals surface area contributed by atoms with Gasteiger partial charge in [-0.1, -0.05) is 20.8 Å². The molecule has 0 aromatic heterocycles. The third-order valence-electron chi connectivity index (χ3n) is 1.95. The van der Waals surface area contributed by atoms with E-state index < -0.39 is 5.97 Å². The Kier molecular flexibility index (Phi) is 4.68. The number of hydrogen-bond acceptors (Lipinski definition) is 2. The summed E-state index contributed by atoms with van der Waals surface area (Å²) in [5.74, 6) is 0.0373. The van der Waals surface area contributed by atoms with Crippen molar-refractivity contribution in [2.45, 2.75) is 27.2 Å². The second-order valence-corrected chi connectivity index (χ2v) is 5.02. The number of hydrogen-bond donors (Lipinski definition) is 1. The predicted octanol–water partition coefficient (Wildman–Crippen LogP) is 2.49. The van der Waals surface area contributed by atoms with Crippen molar-refractivity contribution < 1.29 is 9.90 Å². The summed E-state index contributed by atoms with van der Waals surface area (Å²) in [7, 11) is 0. The zero-order valence-corrected chi connectivity index (χ0v) is 9.07. The second-order valence-electron chi connectivity index (χ2n) is 4.04. The normalized spacial score (nSPS) is 14.3. The molecule has 0 aromatic rings. The quantitative estimate of drug-likeness (QED) is 0.740. The highest BCUT2D eigenvalue weighted by Gasteiger charge is 2.30. The van der Waals surface area contributed by atoms with Crippen molar-refractivity contribution in [3.63, 3.8) is 0 Å². The monoisotopic (exact) mass is 190 g/mol. The molecular weight excluding hydrogens is 172 g/mol. The first kappa shape index (κ1) is 11.8. The van der Waals surface area contributed by atoms with E-state index in [1.54, 1.807) is 11.8 Å². The highest BCUT2D eigenvalue weighted by Crippen LogP contribution is 2.29. The summed E-state index contributed by atoms with van der Waals surface area (Å²) < 4.78 is 0. The highest BCUT2D eigenvalue weighted by molar-refractivity contribution is 7.98. The standard InChI is InChI=1S/C9H18O2S/c1-9(2,3)7(8(10)11)5-6-12-4/h7H,5-6H2,1-4H3,(H,10,11)/t7-/m0/s1. The van der Waals surface area contributed by atoms with Crippen LogP contribution in [0.2, 0.25) is 0 Å². The molecule has 0 aliphatic carbocycles. The van der Waals surface area contributed by atoms with Gasteiger partial charge >= 0.3 is 5.97 Å². The molecule has 0 bridgehead atoms. The minimum Gasteiger partial charge on any atom is -0.481 e. The maximum atomic E-state index is 10.8. The van der Waals surface area contributed by atoms with Crippen LogP contribution in [0, 0.1) is 11.3 Å². The number of rotatable bonds is 4. The zero-order chi connectivity index (χ0) is 9.78. The Balaban J connectivity index is 4.15. The summed E-state index contributed by atoms with van der Waals surface area (Å²) in [5.41, 5.74) is -0.123. The minimum atomic E-state index is -0.670. The molecule has 0 amide bonds. The van der Waals surface area contributed by atoms with Crippen LogP contribution in [-0.4, -0.2) is 23.1 Å². The van der Waals surface area contributed by atoms with Crippen molar-refractivity contribution >= 4 is 17.7 Å². The zero-order valence-electron chi connectivity index (χ0n) is 8.26. The molecule has 0 rings (SSSR count). The smallest absolute Gasteiger partial charge is 0.307 e. The number of aliphatic carboxylic acids is 1. The first-order valence-corrected chi connectivity index (χ1v) is 5.50. The van der Waals surface area contributed by atoms with E-state index in [0.717, 1.165) is 12.2 Å². The fourth-order valence-corrected chi connectivity index (χ4v) is 1.63. The minimum absolute atomic E-state index is 0.123. The number of carbonyl (C=O) groups is 1. The maximum Gasteiger partial charge on any atom is 0.307 e. The van der Waals surface area contributed by atoms with E-state index in [9.17, 15) is 4.79 Å². The third-order valence-corrected chi connectivity index (χ3v) is 2.60. The molecule has 1 N–H and O–H groups in total. The lowest BCUT2D eigenvalue weighted by atomic mass is 9.79. The van der Waals surface area contributed by atoms with Crippen molar-refractivity contribution in [1.29, 1.82) is 0 Å². The molecule has 12 heavy (non-hydrogen) atoms. The largest absolute Gasteiger partial charge is 0.481 e. The van der Waals surface area contributed by atoms with Crippen molar-refractivity contribution in [3.8, 4) is 0 Å². The Bertz CT molecular complexity index is 149. The van der Waals surface area contributed by atoms with Crippen molar-refractivity contribution in [1.82, 2.24) is 0 Å². The summed E-state index contributed by atoms with van der Waals surface area (Å²) in [6.07, 6.45) is 2.77. The Morgan fingerprint density at radius 2 is 2.00 bits per heavy atom. The van der Waals surface area contributed by atoms with Crippen LogP contribution in [0.15, 0.2) is 0 Å². The first-order chi connectivity index (χ1) is 5.39. The van der Waals surface area contributed by atoms with Crippen LogP contribution in [0.1, 0.15) is 27.2 Å². The molecule has 0 aromatic carbocycles. The van der Waals surface area contributed by atoms with Crippen molar-refractivity contribution in [3.05, 3.63) is 0 Å². The lowest BCUT2D eigenvalue weighted by Gasteiger charge is -2.26. The maximum absolute atomic E-state index is 10.8. The number of carboxylic acid groups (broad SMARTS) is 1. The summed E-state index contributed by atoms with van der Waals surface area (Å²) in [4.78, 5) is 10.8. The Hall–Kier alpha value is -0.180. The van der Waals surface area contributed by atoms with Crippen LogP contribution in [0.3, 0.4) is 0 Å². The summed E-state index contributed by atoms with van der Waals surface area (Å²) in [5, 5.41) is 8.93. The molecule has 0 saturated heterocycles. The van der Waals surface area contributed by atoms with Gasteiger partial charge in [0.25, 0.3) is 0 Å². The average Bonchev–Trinajstić information content (AvgIpc) is 1.84. The van der Waals surface area contributed by atoms with Crippen LogP contribution >= 0.6 is 11.8 Å². The lowest BCUT2D eigenvalue weighted by molar-refractivity contribution is -0.145. The van der Waals surface area contributed by atoms with Crippen molar-refractivity contribution in [2.24, 2.45) is 11.3 Å². The van der Waals surface area contributed by atoms with Gasteiger partial charge in [0.1, 0.15) is 0 Å². The molecule has 0 heterocycles. The molecular formula is C9H18O2S. The molecule has 2 nitrogen and oxygen atoms in total. The van der Waals surface area contributed by atoms with Gasteiger partial charge in [-0.15, -0.1) is 0 Å². The highest BCUT2D eigenvalue weighted by atomic mass is 32.2. The van der Waals surface area contributed by atoms with E-state index in [1.807, 2.05) is 27.0 Å². The fourth-order valence-electron chi connectivity index (χ4n) is 1.16. The van der Waals surface area contributed by atoms with Gasteiger partial charge in [0.2, 0.25) is 0 Å². The SMILES string of the molecule is CSCC[C@@H](C(=O)O)C(C)(C)C. The van der Waals surface area contributed by atoms with Gasteiger partial charge in [0.15, 0.2) is 0 Å². The number of thioether (sulfide) groups is 1. The summed E-state index contributed by atoms with van der Waals surface area (Å²) in [6.45, 7) is 5.93. The number of carboxylic acids is 1. The van der Waals surface area contributed by atoms with Gasteiger partial charge in [-0.25, -0.2) is 0 Å². The van der Waals surface area contributed by atoms with Crippen LogP contribution in [0.5, 0.6) is 0 Å². The van der Waals surface area contributed by atoms with E-state index in [-0.39, 0.29) is 11.3 Å². The van der Waals surface area contributed by atoms with Gasteiger partial charge < -0.3 is 5.11 Å².